The van der Waals surface area contributed by atoms with Crippen molar-refractivity contribution < 1.29 is 44.3 Å². The molecule has 6 nitrogen and oxygen atoms in total. The third-order valence-corrected chi connectivity index (χ3v) is 10.6. The number of aryl methyl sites for hydroxylation is 2. The van der Waals surface area contributed by atoms with Crippen molar-refractivity contribution in [2.45, 2.75) is 76.5 Å². The molecule has 1 aliphatic carbocycles. The number of piperidine rings is 2. The van der Waals surface area contributed by atoms with E-state index in [1.807, 2.05) is 17.2 Å². The Balaban J connectivity index is 0.00000423. The monoisotopic (exact) mass is 741 g/mol. The maximum Gasteiger partial charge on any atom is 1.00 e. The molecule has 5 rings (SSSR count). The molecule has 3 aliphatic rings. The first-order chi connectivity index (χ1) is 20.2. The van der Waals surface area contributed by atoms with Crippen LogP contribution in [0.15, 0.2) is 45.7 Å². The molecular weight excluding hydrogens is 705 g/mol. The van der Waals surface area contributed by atoms with Crippen LogP contribution in [0.25, 0.3) is 0 Å². The van der Waals surface area contributed by atoms with E-state index in [4.69, 9.17) is 16.6 Å². The van der Waals surface area contributed by atoms with Crippen LogP contribution in [0, 0.1) is 11.8 Å². The van der Waals surface area contributed by atoms with Gasteiger partial charge in [0.25, 0.3) is 0 Å². The summed E-state index contributed by atoms with van der Waals surface area (Å²) in [4.78, 5) is 34.8. The largest absolute Gasteiger partial charge is 1.00 e. The molecule has 2 aliphatic heterocycles. The van der Waals surface area contributed by atoms with Gasteiger partial charge in [0.05, 0.1) is 5.69 Å². The van der Waals surface area contributed by atoms with Gasteiger partial charge in [-0.2, -0.15) is 0 Å². The van der Waals surface area contributed by atoms with Crippen LogP contribution in [0.3, 0.4) is 0 Å². The number of unbranched alkanes of at least 4 members (excludes halogenated alkanes) is 1. The zero-order valence-electron chi connectivity index (χ0n) is 25.1. The Morgan fingerprint density at radius 1 is 0.930 bits per heavy atom. The number of halogens is 3. The van der Waals surface area contributed by atoms with E-state index in [0.29, 0.717) is 31.1 Å². The quantitative estimate of drug-likeness (QED) is 0.235. The molecule has 10 heteroatoms. The summed E-state index contributed by atoms with van der Waals surface area (Å²) in [5, 5.41) is 11.8. The summed E-state index contributed by atoms with van der Waals surface area (Å²) in [6.07, 6.45) is 10.3. The zero-order valence-corrected chi connectivity index (χ0v) is 31.0. The SMILES string of the molecule is C=C([O-])CCCCC(=O)N1CCC(CC(=O)N2CCC([C@H]3c4ncc(Br)cc4CCc4cc(Cl)cc(Br)c43)CC2)CC1.[Na+]. The van der Waals surface area contributed by atoms with Gasteiger partial charge in [-0.1, -0.05) is 27.5 Å². The molecule has 0 radical (unpaired) electrons. The summed E-state index contributed by atoms with van der Waals surface area (Å²) < 4.78 is 2.05. The van der Waals surface area contributed by atoms with E-state index in [9.17, 15) is 14.7 Å². The average Bonchev–Trinajstić information content (AvgIpc) is 3.12. The summed E-state index contributed by atoms with van der Waals surface area (Å²) in [6.45, 7) is 6.35. The van der Waals surface area contributed by atoms with E-state index in [1.165, 1.54) is 16.7 Å². The number of hydrogen-bond acceptors (Lipinski definition) is 4. The van der Waals surface area contributed by atoms with Gasteiger partial charge in [0.2, 0.25) is 11.8 Å². The molecule has 2 aromatic rings. The first kappa shape index (κ1) is 35.0. The van der Waals surface area contributed by atoms with Crippen LogP contribution in [-0.2, 0) is 22.4 Å². The molecule has 1 atom stereocenters. The van der Waals surface area contributed by atoms with E-state index in [0.717, 1.165) is 97.2 Å². The first-order valence-electron chi connectivity index (χ1n) is 15.2. The maximum atomic E-state index is 13.3. The second-order valence-corrected chi connectivity index (χ2v) is 14.3. The van der Waals surface area contributed by atoms with Crippen LogP contribution >= 0.6 is 43.5 Å². The maximum absolute atomic E-state index is 13.3. The predicted molar refractivity (Wildman–Crippen MR) is 171 cm³/mol. The Bertz CT molecular complexity index is 1330. The van der Waals surface area contributed by atoms with Gasteiger partial charge in [-0.15, -0.1) is 12.3 Å². The van der Waals surface area contributed by atoms with Gasteiger partial charge in [0.15, 0.2) is 0 Å². The number of aromatic nitrogens is 1. The molecular formula is C33H39Br2ClN3NaO3. The van der Waals surface area contributed by atoms with Crippen molar-refractivity contribution in [3.05, 3.63) is 73.1 Å². The number of nitrogens with zero attached hydrogens (tertiary/aromatic N) is 3. The first-order valence-corrected chi connectivity index (χ1v) is 17.2. The van der Waals surface area contributed by atoms with E-state index in [1.54, 1.807) is 0 Å². The molecule has 0 spiro atoms. The van der Waals surface area contributed by atoms with Crippen molar-refractivity contribution in [2.75, 3.05) is 26.2 Å². The van der Waals surface area contributed by atoms with Crippen LogP contribution in [0.2, 0.25) is 5.02 Å². The number of benzene rings is 1. The Labute approximate surface area is 299 Å². The van der Waals surface area contributed by atoms with Crippen molar-refractivity contribution in [3.8, 4) is 0 Å². The fraction of sp³-hybridized carbons (Fsp3) is 0.545. The van der Waals surface area contributed by atoms with Crippen molar-refractivity contribution >= 4 is 55.3 Å². The molecule has 0 unspecified atom stereocenters. The van der Waals surface area contributed by atoms with E-state index in [-0.39, 0.29) is 53.0 Å². The second-order valence-electron chi connectivity index (χ2n) is 12.1. The number of carbonyl (C=O) groups is 2. The third-order valence-electron chi connectivity index (χ3n) is 9.31. The molecule has 2 fully saturated rings. The number of fused-ring (bicyclic) bond motifs is 2. The number of allylic oxidation sites excluding steroid dienone is 1. The zero-order chi connectivity index (χ0) is 29.8. The van der Waals surface area contributed by atoms with Gasteiger partial charge in [-0.3, -0.25) is 14.6 Å². The molecule has 3 heterocycles. The number of carbonyl (C=O) groups excluding carboxylic acids is 2. The van der Waals surface area contributed by atoms with Crippen LogP contribution in [-0.4, -0.2) is 52.8 Å². The molecule has 1 aromatic carbocycles. The van der Waals surface area contributed by atoms with Gasteiger partial charge in [0, 0.05) is 65.1 Å². The molecule has 2 amide bonds. The summed E-state index contributed by atoms with van der Waals surface area (Å²) >= 11 is 13.9. The minimum atomic E-state index is -0.0684. The van der Waals surface area contributed by atoms with Crippen LogP contribution in [0.1, 0.15) is 86.1 Å². The number of amides is 2. The van der Waals surface area contributed by atoms with Gasteiger partial charge < -0.3 is 14.9 Å². The van der Waals surface area contributed by atoms with Crippen molar-refractivity contribution in [3.63, 3.8) is 0 Å². The molecule has 226 valence electrons. The molecule has 2 saturated heterocycles. The summed E-state index contributed by atoms with van der Waals surface area (Å²) in [5.41, 5.74) is 5.02. The average molecular weight is 744 g/mol. The molecule has 0 bridgehead atoms. The minimum absolute atomic E-state index is 0. The molecule has 0 saturated carbocycles. The van der Waals surface area contributed by atoms with E-state index in [2.05, 4.69) is 55.5 Å². The smallest absolute Gasteiger partial charge is 0.876 e. The van der Waals surface area contributed by atoms with Crippen molar-refractivity contribution in [1.29, 1.82) is 0 Å². The summed E-state index contributed by atoms with van der Waals surface area (Å²) in [6, 6.07) is 6.32. The Kier molecular flexibility index (Phi) is 13.1. The van der Waals surface area contributed by atoms with Crippen LogP contribution in [0.4, 0.5) is 0 Å². The number of hydrogen-bond donors (Lipinski definition) is 0. The summed E-state index contributed by atoms with van der Waals surface area (Å²) in [5.74, 6) is 1.21. The third kappa shape index (κ3) is 8.88. The summed E-state index contributed by atoms with van der Waals surface area (Å²) in [7, 11) is 0. The fourth-order valence-electron chi connectivity index (χ4n) is 7.03. The fourth-order valence-corrected chi connectivity index (χ4v) is 8.53. The van der Waals surface area contributed by atoms with Crippen molar-refractivity contribution in [1.82, 2.24) is 14.8 Å². The standard InChI is InChI=1S/C33H40Br2ClN3O3.Na/c1-21(40)4-2-3-5-29(41)38-12-8-22(9-13-38)16-30(42)39-14-10-23(11-15-39)32-31-24(18-27(36)19-28(31)35)6-7-25-17-26(34)20-37-33(25)32;/h17-20,22-23,32,40H,1-16H2;/q;+1/p-1/t32-;/m1./s1. The van der Waals surface area contributed by atoms with Crippen molar-refractivity contribution in [2.24, 2.45) is 11.8 Å². The van der Waals surface area contributed by atoms with Gasteiger partial charge in [0.1, 0.15) is 0 Å². The molecule has 0 N–H and O–H groups in total. The van der Waals surface area contributed by atoms with Gasteiger partial charge in [-0.05, 0) is 120 Å². The van der Waals surface area contributed by atoms with Gasteiger partial charge >= 0.3 is 29.6 Å². The van der Waals surface area contributed by atoms with Crippen LogP contribution < -0.4 is 34.7 Å². The Morgan fingerprint density at radius 3 is 2.26 bits per heavy atom. The van der Waals surface area contributed by atoms with E-state index >= 15 is 0 Å². The number of pyridine rings is 1. The Morgan fingerprint density at radius 2 is 1.56 bits per heavy atom. The minimum Gasteiger partial charge on any atom is -0.876 e. The normalized spacial score (nSPS) is 19.2. The second kappa shape index (κ2) is 16.1. The van der Waals surface area contributed by atoms with E-state index < -0.39 is 0 Å². The van der Waals surface area contributed by atoms with Gasteiger partial charge in [-0.25, -0.2) is 0 Å². The number of likely N-dealkylation sites (tertiary alicyclic amines) is 2. The van der Waals surface area contributed by atoms with Crippen LogP contribution in [0.5, 0.6) is 0 Å². The topological polar surface area (TPSA) is 76.6 Å². The molecule has 1 aromatic heterocycles. The Hall–Kier alpha value is -0.900. The predicted octanol–water partition coefficient (Wildman–Crippen LogP) is 3.80. The number of rotatable bonds is 8. The molecule has 43 heavy (non-hydrogen) atoms.